The number of hydrogen-bond acceptors (Lipinski definition) is 2. The number of nitrogens with one attached hydrogen (secondary N) is 1. The second-order valence-electron chi connectivity index (χ2n) is 4.97. The highest BCUT2D eigenvalue weighted by Gasteiger charge is 2.07. The third-order valence-corrected chi connectivity index (χ3v) is 2.87. The van der Waals surface area contributed by atoms with Gasteiger partial charge in [0.05, 0.1) is 0 Å². The topological polar surface area (TPSA) is 42.1 Å². The van der Waals surface area contributed by atoms with E-state index in [0.29, 0.717) is 17.4 Å². The summed E-state index contributed by atoms with van der Waals surface area (Å²) in [6.45, 7) is 5.92. The molecule has 0 amide bonds. The minimum Gasteiger partial charge on any atom is -0.462 e. The Hall–Kier alpha value is -1.36. The van der Waals surface area contributed by atoms with Crippen LogP contribution >= 0.6 is 15.9 Å². The number of aromatic amines is 1. The van der Waals surface area contributed by atoms with Gasteiger partial charge in [0.25, 0.3) is 6.47 Å². The maximum Gasteiger partial charge on any atom is 0.293 e. The summed E-state index contributed by atoms with van der Waals surface area (Å²) >= 11 is 3.23. The molecule has 2 rings (SSSR count). The number of fused-ring (bicyclic) bond motifs is 1. The van der Waals surface area contributed by atoms with E-state index in [4.69, 9.17) is 0 Å². The molecule has 0 atom stereocenters. The molecule has 0 bridgehead atoms. The Balaban J connectivity index is 0.000000224. The summed E-state index contributed by atoms with van der Waals surface area (Å²) in [5, 5.41) is 1.60. The van der Waals surface area contributed by atoms with Crippen LogP contribution in [0.4, 0.5) is 4.39 Å². The van der Waals surface area contributed by atoms with Gasteiger partial charge in [-0.1, -0.05) is 15.9 Å². The molecular weight excluding hydrogens is 313 g/mol. The van der Waals surface area contributed by atoms with Crippen molar-refractivity contribution in [3.8, 4) is 0 Å². The summed E-state index contributed by atoms with van der Waals surface area (Å²) in [7, 11) is 0. The van der Waals surface area contributed by atoms with Gasteiger partial charge in [-0.3, -0.25) is 4.79 Å². The van der Waals surface area contributed by atoms with Gasteiger partial charge >= 0.3 is 0 Å². The van der Waals surface area contributed by atoms with Gasteiger partial charge in [0.1, 0.15) is 11.4 Å². The Bertz CT molecular complexity index is 546. The zero-order valence-electron chi connectivity index (χ0n) is 11.2. The first-order chi connectivity index (χ1) is 8.87. The van der Waals surface area contributed by atoms with Crippen molar-refractivity contribution in [2.45, 2.75) is 31.7 Å². The van der Waals surface area contributed by atoms with E-state index in [2.05, 4.69) is 25.7 Å². The average molecular weight is 330 g/mol. The Morgan fingerprint density at radius 3 is 2.58 bits per heavy atom. The minimum absolute atomic E-state index is 0.165. The number of alkyl halides is 1. The van der Waals surface area contributed by atoms with E-state index >= 15 is 0 Å². The largest absolute Gasteiger partial charge is 0.462 e. The number of ether oxygens (including phenoxy) is 1. The van der Waals surface area contributed by atoms with Gasteiger partial charge in [0, 0.05) is 17.0 Å². The van der Waals surface area contributed by atoms with E-state index < -0.39 is 0 Å². The van der Waals surface area contributed by atoms with Gasteiger partial charge < -0.3 is 9.72 Å². The molecule has 3 nitrogen and oxygen atoms in total. The lowest BCUT2D eigenvalue weighted by atomic mass is 10.2. The number of benzene rings is 1. The number of carbonyl (C=O) groups is 1. The van der Waals surface area contributed by atoms with Crippen LogP contribution in [0.5, 0.6) is 0 Å². The van der Waals surface area contributed by atoms with Gasteiger partial charge in [0.2, 0.25) is 0 Å². The maximum atomic E-state index is 13.1. The zero-order valence-corrected chi connectivity index (χ0v) is 12.8. The lowest BCUT2D eigenvalue weighted by Gasteiger charge is -2.14. The summed E-state index contributed by atoms with van der Waals surface area (Å²) < 4.78 is 17.7. The molecule has 0 aliphatic heterocycles. The smallest absolute Gasteiger partial charge is 0.293 e. The molecule has 0 unspecified atom stereocenters. The van der Waals surface area contributed by atoms with Gasteiger partial charge in [-0.25, -0.2) is 4.39 Å². The first-order valence-electron chi connectivity index (χ1n) is 5.80. The van der Waals surface area contributed by atoms with Crippen molar-refractivity contribution in [3.63, 3.8) is 0 Å². The molecule has 2 aromatic rings. The molecule has 19 heavy (non-hydrogen) atoms. The molecule has 104 valence electrons. The van der Waals surface area contributed by atoms with Crippen LogP contribution in [-0.2, 0) is 14.9 Å². The van der Waals surface area contributed by atoms with E-state index in [-0.39, 0.29) is 11.4 Å². The van der Waals surface area contributed by atoms with Crippen molar-refractivity contribution in [1.29, 1.82) is 0 Å². The summed E-state index contributed by atoms with van der Waals surface area (Å²) in [5.41, 5.74) is 1.22. The van der Waals surface area contributed by atoms with Crippen LogP contribution in [0.25, 0.3) is 10.9 Å². The Morgan fingerprint density at radius 1 is 1.42 bits per heavy atom. The van der Waals surface area contributed by atoms with Crippen LogP contribution in [-0.4, -0.2) is 17.1 Å². The first kappa shape index (κ1) is 15.7. The second-order valence-corrected chi connectivity index (χ2v) is 5.53. The normalized spacial score (nSPS) is 10.8. The molecule has 0 aliphatic rings. The standard InChI is InChI=1S/C9H7BrFN.C5H10O2/c10-5-7-3-6-1-2-12-9(6)4-8(7)11;1-5(2,3)7-4-6/h1-4,12H,5H2;4H,1-3H3. The first-order valence-corrected chi connectivity index (χ1v) is 6.92. The van der Waals surface area contributed by atoms with Crippen LogP contribution < -0.4 is 0 Å². The predicted molar refractivity (Wildman–Crippen MR) is 77.8 cm³/mol. The fourth-order valence-corrected chi connectivity index (χ4v) is 1.80. The molecule has 0 saturated carbocycles. The van der Waals surface area contributed by atoms with Gasteiger partial charge in [-0.2, -0.15) is 0 Å². The number of hydrogen-bond donors (Lipinski definition) is 1. The molecule has 1 aromatic heterocycles. The Kier molecular flexibility index (Phi) is 5.54. The van der Waals surface area contributed by atoms with E-state index in [1.807, 2.05) is 39.1 Å². The van der Waals surface area contributed by atoms with Crippen LogP contribution in [0.2, 0.25) is 0 Å². The molecular formula is C14H17BrFNO2. The molecule has 1 aromatic carbocycles. The van der Waals surface area contributed by atoms with Crippen LogP contribution in [0.3, 0.4) is 0 Å². The minimum atomic E-state index is -0.318. The van der Waals surface area contributed by atoms with Crippen molar-refractivity contribution in [1.82, 2.24) is 4.98 Å². The fraction of sp³-hybridized carbons (Fsp3) is 0.357. The SMILES string of the molecule is CC(C)(C)OC=O.Fc1cc2[nH]ccc2cc1CBr. The molecule has 5 heteroatoms. The van der Waals surface area contributed by atoms with Gasteiger partial charge in [-0.15, -0.1) is 0 Å². The lowest BCUT2D eigenvalue weighted by Crippen LogP contribution is -2.17. The van der Waals surface area contributed by atoms with E-state index in [0.717, 1.165) is 10.9 Å². The van der Waals surface area contributed by atoms with Gasteiger partial charge in [-0.05, 0) is 49.9 Å². The van der Waals surface area contributed by atoms with E-state index in [1.54, 1.807) is 0 Å². The predicted octanol–water partition coefficient (Wildman–Crippen LogP) is 4.16. The molecule has 0 aliphatic carbocycles. The Labute approximate surface area is 120 Å². The summed E-state index contributed by atoms with van der Waals surface area (Å²) in [6.07, 6.45) is 1.81. The molecule has 0 spiro atoms. The fourth-order valence-electron chi connectivity index (χ4n) is 1.37. The number of halogens is 2. The van der Waals surface area contributed by atoms with Crippen LogP contribution in [0, 0.1) is 5.82 Å². The summed E-state index contributed by atoms with van der Waals surface area (Å²) in [4.78, 5) is 12.6. The molecule has 0 radical (unpaired) electrons. The third kappa shape index (κ3) is 5.03. The zero-order chi connectivity index (χ0) is 14.5. The van der Waals surface area contributed by atoms with Crippen molar-refractivity contribution in [2.75, 3.05) is 0 Å². The number of carbonyl (C=O) groups excluding carboxylic acids is 1. The highest BCUT2D eigenvalue weighted by atomic mass is 79.9. The molecule has 0 fully saturated rings. The highest BCUT2D eigenvalue weighted by Crippen LogP contribution is 2.19. The van der Waals surface area contributed by atoms with Crippen LogP contribution in [0.1, 0.15) is 26.3 Å². The molecule has 1 N–H and O–H groups in total. The number of rotatable bonds is 2. The third-order valence-electron chi connectivity index (χ3n) is 2.27. The van der Waals surface area contributed by atoms with Crippen molar-refractivity contribution in [2.24, 2.45) is 0 Å². The van der Waals surface area contributed by atoms with Crippen molar-refractivity contribution < 1.29 is 13.9 Å². The summed E-state index contributed by atoms with van der Waals surface area (Å²) in [6, 6.07) is 5.29. The second kappa shape index (κ2) is 6.70. The Morgan fingerprint density at radius 2 is 2.11 bits per heavy atom. The lowest BCUT2D eigenvalue weighted by molar-refractivity contribution is -0.138. The molecule has 1 heterocycles. The summed E-state index contributed by atoms with van der Waals surface area (Å²) in [5.74, 6) is -0.165. The quantitative estimate of drug-likeness (QED) is 0.664. The van der Waals surface area contributed by atoms with E-state index in [1.165, 1.54) is 6.07 Å². The van der Waals surface area contributed by atoms with Crippen LogP contribution in [0.15, 0.2) is 24.4 Å². The maximum absolute atomic E-state index is 13.1. The number of H-pyrrole nitrogens is 1. The number of aromatic nitrogens is 1. The average Bonchev–Trinajstić information content (AvgIpc) is 2.74. The molecule has 0 saturated heterocycles. The highest BCUT2D eigenvalue weighted by molar-refractivity contribution is 9.08. The van der Waals surface area contributed by atoms with Gasteiger partial charge in [0.15, 0.2) is 0 Å². The monoisotopic (exact) mass is 329 g/mol. The van der Waals surface area contributed by atoms with Crippen molar-refractivity contribution in [3.05, 3.63) is 35.8 Å². The van der Waals surface area contributed by atoms with E-state index in [9.17, 15) is 9.18 Å². The van der Waals surface area contributed by atoms with Crippen molar-refractivity contribution >= 4 is 33.3 Å².